The Morgan fingerprint density at radius 1 is 1.41 bits per heavy atom. The smallest absolute Gasteiger partial charge is 0.143 e. The van der Waals surface area contributed by atoms with E-state index >= 15 is 0 Å². The third kappa shape index (κ3) is 2.20. The minimum absolute atomic E-state index is 0.337. The Balaban J connectivity index is 2.35. The van der Waals surface area contributed by atoms with Crippen LogP contribution in [0.25, 0.3) is 0 Å². The number of nitrogens with zero attached hydrogens (tertiary/aromatic N) is 3. The van der Waals surface area contributed by atoms with Gasteiger partial charge < -0.3 is 5.73 Å². The molecular formula is C12H20N4S. The highest BCUT2D eigenvalue weighted by Crippen LogP contribution is 2.37. The van der Waals surface area contributed by atoms with Crippen molar-refractivity contribution < 1.29 is 0 Å². The highest BCUT2D eigenvalue weighted by atomic mass is 32.1. The van der Waals surface area contributed by atoms with Crippen molar-refractivity contribution in [2.75, 3.05) is 0 Å². The minimum Gasteiger partial charge on any atom is -0.388 e. The summed E-state index contributed by atoms with van der Waals surface area (Å²) in [4.78, 5) is 0.348. The van der Waals surface area contributed by atoms with Gasteiger partial charge in [0.25, 0.3) is 0 Å². The molecule has 1 heterocycles. The van der Waals surface area contributed by atoms with Crippen LogP contribution in [-0.4, -0.2) is 20.0 Å². The lowest BCUT2D eigenvalue weighted by atomic mass is 9.80. The van der Waals surface area contributed by atoms with Crippen LogP contribution in [0.5, 0.6) is 0 Å². The van der Waals surface area contributed by atoms with Crippen LogP contribution in [-0.2, 0) is 0 Å². The number of hydrogen-bond acceptors (Lipinski definition) is 3. The lowest BCUT2D eigenvalue weighted by Gasteiger charge is -2.32. The topological polar surface area (TPSA) is 56.7 Å². The molecule has 1 fully saturated rings. The predicted molar refractivity (Wildman–Crippen MR) is 72.1 cm³/mol. The van der Waals surface area contributed by atoms with Gasteiger partial charge in [0.05, 0.1) is 11.7 Å². The zero-order chi connectivity index (χ0) is 12.6. The number of rotatable bonds is 4. The Bertz CT molecular complexity index is 420. The SMILES string of the molecule is CC(C)c1c(C(N)=S)nnn1C(C)C1CCC1. The van der Waals surface area contributed by atoms with Gasteiger partial charge >= 0.3 is 0 Å². The molecule has 1 unspecified atom stereocenters. The van der Waals surface area contributed by atoms with Crippen LogP contribution < -0.4 is 5.73 Å². The van der Waals surface area contributed by atoms with Crippen molar-refractivity contribution in [1.29, 1.82) is 0 Å². The van der Waals surface area contributed by atoms with E-state index in [9.17, 15) is 0 Å². The highest BCUT2D eigenvalue weighted by Gasteiger charge is 2.29. The van der Waals surface area contributed by atoms with E-state index in [4.69, 9.17) is 18.0 Å². The number of aromatic nitrogens is 3. The van der Waals surface area contributed by atoms with Crippen LogP contribution in [0.1, 0.15) is 63.4 Å². The molecule has 0 aromatic carbocycles. The molecule has 1 aliphatic rings. The lowest BCUT2D eigenvalue weighted by molar-refractivity contribution is 0.204. The van der Waals surface area contributed by atoms with Gasteiger partial charge in [0.1, 0.15) is 10.7 Å². The van der Waals surface area contributed by atoms with Gasteiger partial charge in [-0.1, -0.05) is 37.7 Å². The fourth-order valence-corrected chi connectivity index (χ4v) is 2.58. The van der Waals surface area contributed by atoms with Gasteiger partial charge in [-0.05, 0) is 31.6 Å². The van der Waals surface area contributed by atoms with E-state index in [2.05, 4.69) is 31.1 Å². The van der Waals surface area contributed by atoms with Gasteiger partial charge in [0, 0.05) is 0 Å². The summed E-state index contributed by atoms with van der Waals surface area (Å²) in [6.45, 7) is 6.47. The monoisotopic (exact) mass is 252 g/mol. The molecule has 2 rings (SSSR count). The maximum Gasteiger partial charge on any atom is 0.143 e. The van der Waals surface area contributed by atoms with E-state index in [1.54, 1.807) is 0 Å². The summed E-state index contributed by atoms with van der Waals surface area (Å²) in [5, 5.41) is 8.41. The minimum atomic E-state index is 0.337. The molecule has 0 radical (unpaired) electrons. The van der Waals surface area contributed by atoms with Gasteiger partial charge in [-0.3, -0.25) is 0 Å². The van der Waals surface area contributed by atoms with Crippen LogP contribution in [0, 0.1) is 5.92 Å². The molecule has 1 aliphatic carbocycles. The van der Waals surface area contributed by atoms with Crippen molar-refractivity contribution in [3.05, 3.63) is 11.4 Å². The van der Waals surface area contributed by atoms with Gasteiger partial charge in [0.2, 0.25) is 0 Å². The fourth-order valence-electron chi connectivity index (χ4n) is 2.44. The van der Waals surface area contributed by atoms with Gasteiger partial charge in [-0.2, -0.15) is 0 Å². The molecule has 1 aromatic rings. The maximum absolute atomic E-state index is 5.70. The molecule has 0 bridgehead atoms. The first-order valence-corrected chi connectivity index (χ1v) is 6.68. The molecule has 1 saturated carbocycles. The molecule has 1 atom stereocenters. The molecule has 2 N–H and O–H groups in total. The van der Waals surface area contributed by atoms with Gasteiger partial charge in [0.15, 0.2) is 0 Å². The Morgan fingerprint density at radius 3 is 2.47 bits per heavy atom. The summed E-state index contributed by atoms with van der Waals surface area (Å²) in [5.41, 5.74) is 7.48. The molecule has 0 aliphatic heterocycles. The lowest BCUT2D eigenvalue weighted by Crippen LogP contribution is -2.26. The maximum atomic E-state index is 5.70. The molecule has 5 heteroatoms. The van der Waals surface area contributed by atoms with Crippen LogP contribution in [0.3, 0.4) is 0 Å². The highest BCUT2D eigenvalue weighted by molar-refractivity contribution is 7.80. The first-order chi connectivity index (χ1) is 8.02. The van der Waals surface area contributed by atoms with Crippen molar-refractivity contribution in [3.63, 3.8) is 0 Å². The Labute approximate surface area is 108 Å². The summed E-state index contributed by atoms with van der Waals surface area (Å²) in [6.07, 6.45) is 3.92. The number of nitrogens with two attached hydrogens (primary N) is 1. The summed E-state index contributed by atoms with van der Waals surface area (Å²) in [6, 6.07) is 0.400. The average molecular weight is 252 g/mol. The summed E-state index contributed by atoms with van der Waals surface area (Å²) < 4.78 is 2.03. The number of hydrogen-bond donors (Lipinski definition) is 1. The second kappa shape index (κ2) is 4.72. The first kappa shape index (κ1) is 12.5. The van der Waals surface area contributed by atoms with Gasteiger partial charge in [-0.25, -0.2) is 4.68 Å². The summed E-state index contributed by atoms with van der Waals surface area (Å²) in [5.74, 6) is 1.07. The Hall–Kier alpha value is -0.970. The van der Waals surface area contributed by atoms with Crippen LogP contribution >= 0.6 is 12.2 Å². The van der Waals surface area contributed by atoms with Gasteiger partial charge in [-0.15, -0.1) is 5.10 Å². The molecule has 0 saturated heterocycles. The van der Waals surface area contributed by atoms with E-state index in [0.29, 0.717) is 22.6 Å². The largest absolute Gasteiger partial charge is 0.388 e. The van der Waals surface area contributed by atoms with E-state index in [1.165, 1.54) is 19.3 Å². The molecule has 0 amide bonds. The second-order valence-electron chi connectivity index (χ2n) is 5.22. The van der Waals surface area contributed by atoms with Crippen LogP contribution in [0.4, 0.5) is 0 Å². The van der Waals surface area contributed by atoms with Crippen molar-refractivity contribution in [2.45, 2.75) is 52.0 Å². The average Bonchev–Trinajstić information content (AvgIpc) is 2.58. The summed E-state index contributed by atoms with van der Waals surface area (Å²) >= 11 is 5.04. The zero-order valence-corrected chi connectivity index (χ0v) is 11.5. The molecule has 4 nitrogen and oxygen atoms in total. The zero-order valence-electron chi connectivity index (χ0n) is 10.7. The molecule has 0 spiro atoms. The van der Waals surface area contributed by atoms with E-state index in [0.717, 1.165) is 11.6 Å². The predicted octanol–water partition coefficient (Wildman–Crippen LogP) is 2.40. The molecular weight excluding hydrogens is 232 g/mol. The van der Waals surface area contributed by atoms with Crippen molar-refractivity contribution in [3.8, 4) is 0 Å². The fraction of sp³-hybridized carbons (Fsp3) is 0.750. The third-order valence-corrected chi connectivity index (χ3v) is 3.92. The standard InChI is InChI=1S/C12H20N4S/c1-7(2)11-10(12(13)17)14-15-16(11)8(3)9-5-4-6-9/h7-9H,4-6H2,1-3H3,(H2,13,17). The van der Waals surface area contributed by atoms with Crippen LogP contribution in [0.2, 0.25) is 0 Å². The number of thiocarbonyl (C=S) groups is 1. The quantitative estimate of drug-likeness (QED) is 0.836. The van der Waals surface area contributed by atoms with E-state index in [-0.39, 0.29) is 0 Å². The molecule has 17 heavy (non-hydrogen) atoms. The van der Waals surface area contributed by atoms with Crippen molar-refractivity contribution in [2.24, 2.45) is 11.7 Å². The van der Waals surface area contributed by atoms with Crippen molar-refractivity contribution >= 4 is 17.2 Å². The Morgan fingerprint density at radius 2 is 2.06 bits per heavy atom. The van der Waals surface area contributed by atoms with Crippen LogP contribution in [0.15, 0.2) is 0 Å². The Kier molecular flexibility index (Phi) is 3.47. The first-order valence-electron chi connectivity index (χ1n) is 6.27. The summed E-state index contributed by atoms with van der Waals surface area (Å²) in [7, 11) is 0. The second-order valence-corrected chi connectivity index (χ2v) is 5.66. The molecule has 94 valence electrons. The van der Waals surface area contributed by atoms with Crippen molar-refractivity contribution in [1.82, 2.24) is 15.0 Å². The molecule has 1 aromatic heterocycles. The normalized spacial score (nSPS) is 18.1. The van der Waals surface area contributed by atoms with E-state index in [1.807, 2.05) is 4.68 Å². The van der Waals surface area contributed by atoms with E-state index < -0.39 is 0 Å². The third-order valence-electron chi connectivity index (χ3n) is 3.73.